The van der Waals surface area contributed by atoms with Gasteiger partial charge in [-0.1, -0.05) is 0 Å². The molecule has 0 saturated heterocycles. The molecule has 1 unspecified atom stereocenters. The Kier molecular flexibility index (Phi) is 4.54. The van der Waals surface area contributed by atoms with Crippen LogP contribution >= 0.6 is 0 Å². The first kappa shape index (κ1) is 16.1. The number of aromatic nitrogens is 2. The van der Waals surface area contributed by atoms with Gasteiger partial charge in [0.1, 0.15) is 11.8 Å². The van der Waals surface area contributed by atoms with Crippen molar-refractivity contribution in [3.05, 3.63) is 41.9 Å². The molecule has 3 rings (SSSR count). The zero-order valence-corrected chi connectivity index (χ0v) is 13.7. The average molecular weight is 331 g/mol. The molecule has 0 aromatic carbocycles. The highest BCUT2D eigenvalue weighted by Gasteiger charge is 2.36. The molecule has 8 nitrogen and oxygen atoms in total. The molecule has 1 aliphatic heterocycles. The highest BCUT2D eigenvalue weighted by Crippen LogP contribution is 2.21. The molecule has 3 heterocycles. The predicted molar refractivity (Wildman–Crippen MR) is 85.8 cm³/mol. The summed E-state index contributed by atoms with van der Waals surface area (Å²) in [4.78, 5) is 33.9. The van der Waals surface area contributed by atoms with Crippen LogP contribution in [0, 0.1) is 0 Å². The van der Waals surface area contributed by atoms with E-state index in [9.17, 15) is 9.59 Å². The van der Waals surface area contributed by atoms with Crippen molar-refractivity contribution in [1.29, 1.82) is 0 Å². The Balaban J connectivity index is 1.74. The fourth-order valence-corrected chi connectivity index (χ4v) is 2.72. The van der Waals surface area contributed by atoms with Crippen LogP contribution in [0.5, 0.6) is 0 Å². The van der Waals surface area contributed by atoms with Gasteiger partial charge in [-0.2, -0.15) is 0 Å². The minimum atomic E-state index is -0.602. The summed E-state index contributed by atoms with van der Waals surface area (Å²) in [5.41, 5.74) is 1.69. The Hall–Kier alpha value is -2.77. The number of urea groups is 1. The minimum Gasteiger partial charge on any atom is -0.467 e. The molecular weight excluding hydrogens is 310 g/mol. The van der Waals surface area contributed by atoms with Gasteiger partial charge in [-0.05, 0) is 26.0 Å². The fourth-order valence-electron chi connectivity index (χ4n) is 2.72. The number of rotatable bonds is 4. The van der Waals surface area contributed by atoms with Gasteiger partial charge in [-0.25, -0.2) is 9.78 Å². The van der Waals surface area contributed by atoms with E-state index in [1.54, 1.807) is 24.7 Å². The highest BCUT2D eigenvalue weighted by molar-refractivity contribution is 5.87. The smallest absolute Gasteiger partial charge is 0.318 e. The number of carbonyl (C=O) groups is 2. The van der Waals surface area contributed by atoms with E-state index in [2.05, 4.69) is 20.6 Å². The van der Waals surface area contributed by atoms with Gasteiger partial charge in [0.2, 0.25) is 5.91 Å². The lowest BCUT2D eigenvalue weighted by Crippen LogP contribution is -2.56. The Bertz CT molecular complexity index is 707. The molecule has 0 fully saturated rings. The summed E-state index contributed by atoms with van der Waals surface area (Å²) >= 11 is 0. The van der Waals surface area contributed by atoms with Crippen LogP contribution in [-0.2, 0) is 24.3 Å². The molecule has 0 aliphatic carbocycles. The van der Waals surface area contributed by atoms with Crippen molar-refractivity contribution in [2.45, 2.75) is 45.4 Å². The van der Waals surface area contributed by atoms with Crippen molar-refractivity contribution >= 4 is 11.9 Å². The number of nitrogens with one attached hydrogen (secondary N) is 3. The summed E-state index contributed by atoms with van der Waals surface area (Å²) in [7, 11) is 0. The van der Waals surface area contributed by atoms with Crippen LogP contribution in [0.2, 0.25) is 0 Å². The van der Waals surface area contributed by atoms with E-state index in [1.165, 1.54) is 4.90 Å². The number of hydrogen-bond donors (Lipinski definition) is 3. The minimum absolute atomic E-state index is 0.00695. The van der Waals surface area contributed by atoms with Crippen molar-refractivity contribution in [3.8, 4) is 0 Å². The summed E-state index contributed by atoms with van der Waals surface area (Å²) in [6.45, 7) is 4.38. The molecule has 0 saturated carbocycles. The zero-order chi connectivity index (χ0) is 17.1. The number of H-pyrrole nitrogens is 1. The van der Waals surface area contributed by atoms with Gasteiger partial charge in [-0.3, -0.25) is 4.79 Å². The fraction of sp³-hybridized carbons (Fsp3) is 0.438. The second kappa shape index (κ2) is 6.77. The van der Waals surface area contributed by atoms with Gasteiger partial charge >= 0.3 is 6.03 Å². The van der Waals surface area contributed by atoms with Crippen LogP contribution in [-0.4, -0.2) is 38.9 Å². The van der Waals surface area contributed by atoms with E-state index in [0.717, 1.165) is 11.4 Å². The quantitative estimate of drug-likeness (QED) is 0.782. The SMILES string of the molecule is CC(C)NC(=O)N1Cc2[nH]cnc2CC1C(=O)NCc1ccco1. The van der Waals surface area contributed by atoms with Crippen molar-refractivity contribution in [1.82, 2.24) is 25.5 Å². The summed E-state index contributed by atoms with van der Waals surface area (Å²) in [5, 5.41) is 5.67. The average Bonchev–Trinajstić information content (AvgIpc) is 3.21. The lowest BCUT2D eigenvalue weighted by molar-refractivity contribution is -0.126. The summed E-state index contributed by atoms with van der Waals surface area (Å²) in [6.07, 6.45) is 3.53. The Morgan fingerprint density at radius 3 is 3.04 bits per heavy atom. The third-order valence-corrected chi connectivity index (χ3v) is 3.89. The largest absolute Gasteiger partial charge is 0.467 e. The number of furan rings is 1. The molecule has 1 atom stereocenters. The van der Waals surface area contributed by atoms with Crippen LogP contribution < -0.4 is 10.6 Å². The lowest BCUT2D eigenvalue weighted by Gasteiger charge is -2.34. The molecular formula is C16H21N5O3. The Morgan fingerprint density at radius 1 is 1.50 bits per heavy atom. The lowest BCUT2D eigenvalue weighted by atomic mass is 10.0. The molecule has 2 aromatic heterocycles. The van der Waals surface area contributed by atoms with Gasteiger partial charge < -0.3 is 24.9 Å². The third-order valence-electron chi connectivity index (χ3n) is 3.89. The second-order valence-corrected chi connectivity index (χ2v) is 6.08. The summed E-state index contributed by atoms with van der Waals surface area (Å²) in [5.74, 6) is 0.441. The van der Waals surface area contributed by atoms with E-state index in [-0.39, 0.29) is 24.5 Å². The monoisotopic (exact) mass is 331 g/mol. The highest BCUT2D eigenvalue weighted by atomic mass is 16.3. The van der Waals surface area contributed by atoms with Crippen LogP contribution in [0.15, 0.2) is 29.1 Å². The van der Waals surface area contributed by atoms with Crippen LogP contribution in [0.25, 0.3) is 0 Å². The summed E-state index contributed by atoms with van der Waals surface area (Å²) < 4.78 is 5.22. The van der Waals surface area contributed by atoms with Gasteiger partial charge in [0, 0.05) is 12.5 Å². The van der Waals surface area contributed by atoms with E-state index < -0.39 is 6.04 Å². The number of hydrogen-bond acceptors (Lipinski definition) is 4. The number of fused-ring (bicyclic) bond motifs is 1. The molecule has 24 heavy (non-hydrogen) atoms. The van der Waals surface area contributed by atoms with E-state index in [0.29, 0.717) is 18.7 Å². The number of nitrogens with zero attached hydrogens (tertiary/aromatic N) is 2. The molecule has 0 radical (unpaired) electrons. The van der Waals surface area contributed by atoms with Gasteiger partial charge in [-0.15, -0.1) is 0 Å². The standard InChI is InChI=1S/C16H21N5O3/c1-10(2)20-16(23)21-8-13-12(18-9-19-13)6-14(21)15(22)17-7-11-4-3-5-24-11/h3-5,9-10,14H,6-8H2,1-2H3,(H,17,22)(H,18,19)(H,20,23). The maximum Gasteiger partial charge on any atom is 0.318 e. The molecule has 0 bridgehead atoms. The molecule has 8 heteroatoms. The maximum atomic E-state index is 12.6. The number of imidazole rings is 1. The molecule has 3 amide bonds. The van der Waals surface area contributed by atoms with Crippen LogP contribution in [0.4, 0.5) is 4.79 Å². The van der Waals surface area contributed by atoms with Crippen LogP contribution in [0.1, 0.15) is 31.0 Å². The van der Waals surface area contributed by atoms with E-state index in [4.69, 9.17) is 4.42 Å². The molecule has 2 aromatic rings. The first-order valence-electron chi connectivity index (χ1n) is 7.93. The van der Waals surface area contributed by atoms with Crippen LogP contribution in [0.3, 0.4) is 0 Å². The van der Waals surface area contributed by atoms with Gasteiger partial charge in [0.25, 0.3) is 0 Å². The van der Waals surface area contributed by atoms with Crippen molar-refractivity contribution in [2.75, 3.05) is 0 Å². The first-order valence-corrected chi connectivity index (χ1v) is 7.93. The topological polar surface area (TPSA) is 103 Å². The molecule has 3 N–H and O–H groups in total. The van der Waals surface area contributed by atoms with Crippen molar-refractivity contribution in [3.63, 3.8) is 0 Å². The Labute approximate surface area is 139 Å². The third kappa shape index (κ3) is 3.42. The maximum absolute atomic E-state index is 12.6. The van der Waals surface area contributed by atoms with Crippen molar-refractivity contribution in [2.24, 2.45) is 0 Å². The normalized spacial score (nSPS) is 16.8. The first-order chi connectivity index (χ1) is 11.5. The summed E-state index contributed by atoms with van der Waals surface area (Å²) in [6, 6.07) is 2.68. The zero-order valence-electron chi connectivity index (χ0n) is 13.7. The number of aromatic amines is 1. The van der Waals surface area contributed by atoms with Gasteiger partial charge in [0.15, 0.2) is 0 Å². The molecule has 128 valence electrons. The molecule has 1 aliphatic rings. The number of carbonyl (C=O) groups excluding carboxylic acids is 2. The van der Waals surface area contributed by atoms with E-state index in [1.807, 2.05) is 13.8 Å². The molecule has 0 spiro atoms. The predicted octanol–water partition coefficient (Wildman–Crippen LogP) is 1.16. The Morgan fingerprint density at radius 2 is 2.33 bits per heavy atom. The van der Waals surface area contributed by atoms with Gasteiger partial charge in [0.05, 0.1) is 37.1 Å². The van der Waals surface area contributed by atoms with E-state index >= 15 is 0 Å². The number of amides is 3. The second-order valence-electron chi connectivity index (χ2n) is 6.08. The van der Waals surface area contributed by atoms with Crippen molar-refractivity contribution < 1.29 is 14.0 Å².